The fraction of sp³-hybridized carbons (Fsp3) is 0.360. The molecule has 0 saturated carbocycles. The van der Waals surface area contributed by atoms with Crippen molar-refractivity contribution in [3.8, 4) is 0 Å². The molecule has 0 radical (unpaired) electrons. The zero-order valence-corrected chi connectivity index (χ0v) is 18.6. The first kappa shape index (κ1) is 21.1. The Morgan fingerprint density at radius 1 is 1.19 bits per heavy atom. The molecule has 2 heterocycles. The molecule has 0 unspecified atom stereocenters. The summed E-state index contributed by atoms with van der Waals surface area (Å²) in [7, 11) is 2.12. The van der Waals surface area contributed by atoms with Crippen LogP contribution in [0.3, 0.4) is 0 Å². The second kappa shape index (κ2) is 7.52. The number of rotatable bonds is 3. The van der Waals surface area contributed by atoms with Crippen molar-refractivity contribution in [2.75, 3.05) is 11.9 Å². The van der Waals surface area contributed by atoms with Crippen molar-refractivity contribution in [3.63, 3.8) is 0 Å². The van der Waals surface area contributed by atoms with Gasteiger partial charge in [0.05, 0.1) is 6.54 Å². The minimum atomic E-state index is -0.467. The third kappa shape index (κ3) is 3.82. The van der Waals surface area contributed by atoms with Crippen molar-refractivity contribution in [2.45, 2.75) is 52.1 Å². The molecule has 1 N–H and O–H groups in total. The predicted molar refractivity (Wildman–Crippen MR) is 120 cm³/mol. The molecule has 0 aliphatic carbocycles. The minimum Gasteiger partial charge on any atom is -0.369 e. The molecule has 6 heteroatoms. The van der Waals surface area contributed by atoms with Crippen molar-refractivity contribution in [3.05, 3.63) is 70.2 Å². The third-order valence-corrected chi connectivity index (χ3v) is 6.54. The summed E-state index contributed by atoms with van der Waals surface area (Å²) in [5, 5.41) is 2.69. The van der Waals surface area contributed by atoms with E-state index in [1.165, 1.54) is 23.4 Å². The number of hydrogen-bond acceptors (Lipinski definition) is 3. The van der Waals surface area contributed by atoms with Crippen LogP contribution in [0.1, 0.15) is 55.4 Å². The molecule has 0 bridgehead atoms. The van der Waals surface area contributed by atoms with Gasteiger partial charge in [-0.15, -0.1) is 0 Å². The highest BCUT2D eigenvalue weighted by Gasteiger charge is 2.36. The lowest BCUT2D eigenvalue weighted by Gasteiger charge is -2.45. The van der Waals surface area contributed by atoms with Crippen LogP contribution in [0.5, 0.6) is 0 Å². The fourth-order valence-electron chi connectivity index (χ4n) is 4.53. The number of imide groups is 1. The first-order valence-electron chi connectivity index (χ1n) is 10.5. The maximum atomic E-state index is 13.1. The number of urea groups is 1. The SMILES string of the molecule is Cc1cc2c(cc1/C=C1\NC(=O)N(Cc3ccc(F)cc3)C1=O)[C@H](C)CC(C)(C)N2C. The second-order valence-corrected chi connectivity index (χ2v) is 9.25. The van der Waals surface area contributed by atoms with Gasteiger partial charge in [0.25, 0.3) is 5.91 Å². The topological polar surface area (TPSA) is 52.7 Å². The van der Waals surface area contributed by atoms with Crippen LogP contribution in [0.2, 0.25) is 0 Å². The monoisotopic (exact) mass is 421 g/mol. The van der Waals surface area contributed by atoms with Crippen molar-refractivity contribution in [2.24, 2.45) is 0 Å². The molecular weight excluding hydrogens is 393 g/mol. The number of nitrogens with zero attached hydrogens (tertiary/aromatic N) is 2. The number of carbonyl (C=O) groups excluding carboxylic acids is 2. The van der Waals surface area contributed by atoms with Gasteiger partial charge in [0.2, 0.25) is 0 Å². The van der Waals surface area contributed by atoms with E-state index in [9.17, 15) is 14.0 Å². The van der Waals surface area contributed by atoms with E-state index in [4.69, 9.17) is 0 Å². The largest absolute Gasteiger partial charge is 0.369 e. The van der Waals surface area contributed by atoms with Gasteiger partial charge >= 0.3 is 6.03 Å². The van der Waals surface area contributed by atoms with Crippen LogP contribution in [0, 0.1) is 12.7 Å². The number of amides is 3. The second-order valence-electron chi connectivity index (χ2n) is 9.25. The molecule has 0 aromatic heterocycles. The van der Waals surface area contributed by atoms with E-state index < -0.39 is 6.03 Å². The summed E-state index contributed by atoms with van der Waals surface area (Å²) < 4.78 is 13.1. The van der Waals surface area contributed by atoms with Crippen molar-refractivity contribution >= 4 is 23.7 Å². The molecule has 31 heavy (non-hydrogen) atoms. The first-order chi connectivity index (χ1) is 14.6. The Kier molecular flexibility index (Phi) is 5.12. The Balaban J connectivity index is 1.63. The van der Waals surface area contributed by atoms with Crippen LogP contribution in [-0.2, 0) is 11.3 Å². The number of fused-ring (bicyclic) bond motifs is 1. The average Bonchev–Trinajstić information content (AvgIpc) is 2.96. The predicted octanol–water partition coefficient (Wildman–Crippen LogP) is 4.95. The molecule has 3 amide bonds. The first-order valence-corrected chi connectivity index (χ1v) is 10.5. The number of carbonyl (C=O) groups is 2. The van der Waals surface area contributed by atoms with Crippen LogP contribution in [0.4, 0.5) is 14.9 Å². The van der Waals surface area contributed by atoms with Gasteiger partial charge in [-0.3, -0.25) is 9.69 Å². The van der Waals surface area contributed by atoms with Crippen LogP contribution in [-0.4, -0.2) is 29.4 Å². The number of halogens is 1. The third-order valence-electron chi connectivity index (χ3n) is 6.54. The Bertz CT molecular complexity index is 1090. The highest BCUT2D eigenvalue weighted by molar-refractivity contribution is 6.14. The highest BCUT2D eigenvalue weighted by atomic mass is 19.1. The van der Waals surface area contributed by atoms with Gasteiger partial charge < -0.3 is 10.2 Å². The Hall–Kier alpha value is -3.15. The van der Waals surface area contributed by atoms with E-state index in [1.54, 1.807) is 18.2 Å². The smallest absolute Gasteiger partial charge is 0.329 e. The van der Waals surface area contributed by atoms with Crippen LogP contribution in [0.15, 0.2) is 42.1 Å². The lowest BCUT2D eigenvalue weighted by molar-refractivity contribution is -0.123. The molecule has 2 aliphatic rings. The Morgan fingerprint density at radius 2 is 1.87 bits per heavy atom. The molecule has 1 atom stereocenters. The molecule has 2 aromatic rings. The van der Waals surface area contributed by atoms with E-state index in [0.29, 0.717) is 11.5 Å². The van der Waals surface area contributed by atoms with E-state index in [0.717, 1.165) is 22.4 Å². The molecule has 1 saturated heterocycles. The summed E-state index contributed by atoms with van der Waals surface area (Å²) >= 11 is 0. The summed E-state index contributed by atoms with van der Waals surface area (Å²) in [5.41, 5.74) is 5.45. The van der Waals surface area contributed by atoms with Gasteiger partial charge in [-0.05, 0) is 85.7 Å². The minimum absolute atomic E-state index is 0.0785. The highest BCUT2D eigenvalue weighted by Crippen LogP contribution is 2.43. The molecule has 4 rings (SSSR count). The summed E-state index contributed by atoms with van der Waals surface area (Å²) in [5.74, 6) is -0.340. The fourth-order valence-corrected chi connectivity index (χ4v) is 4.53. The van der Waals surface area contributed by atoms with E-state index >= 15 is 0 Å². The summed E-state index contributed by atoms with van der Waals surface area (Å²) in [4.78, 5) is 28.8. The number of nitrogens with one attached hydrogen (secondary N) is 1. The van der Waals surface area contributed by atoms with Crippen molar-refractivity contribution < 1.29 is 14.0 Å². The van der Waals surface area contributed by atoms with E-state index in [1.807, 2.05) is 6.92 Å². The van der Waals surface area contributed by atoms with Crippen LogP contribution in [0.25, 0.3) is 6.08 Å². The summed E-state index contributed by atoms with van der Waals surface area (Å²) in [6.07, 6.45) is 2.80. The molecule has 162 valence electrons. The average molecular weight is 422 g/mol. The van der Waals surface area contributed by atoms with Gasteiger partial charge in [0.15, 0.2) is 0 Å². The number of benzene rings is 2. The maximum Gasteiger partial charge on any atom is 0.329 e. The molecule has 1 fully saturated rings. The van der Waals surface area contributed by atoms with Gasteiger partial charge in [-0.25, -0.2) is 9.18 Å². The zero-order chi connectivity index (χ0) is 22.5. The lowest BCUT2D eigenvalue weighted by Crippen LogP contribution is -2.45. The number of anilines is 1. The van der Waals surface area contributed by atoms with E-state index in [-0.39, 0.29) is 29.5 Å². The van der Waals surface area contributed by atoms with E-state index in [2.05, 4.69) is 50.2 Å². The zero-order valence-electron chi connectivity index (χ0n) is 18.6. The van der Waals surface area contributed by atoms with Gasteiger partial charge in [0, 0.05) is 18.3 Å². The van der Waals surface area contributed by atoms with Gasteiger partial charge in [-0.2, -0.15) is 0 Å². The molecule has 5 nitrogen and oxygen atoms in total. The Morgan fingerprint density at radius 3 is 2.55 bits per heavy atom. The summed E-state index contributed by atoms with van der Waals surface area (Å²) in [6.45, 7) is 8.85. The lowest BCUT2D eigenvalue weighted by atomic mass is 9.79. The maximum absolute atomic E-state index is 13.1. The number of aryl methyl sites for hydroxylation is 1. The molecule has 0 spiro atoms. The molecule has 2 aromatic carbocycles. The van der Waals surface area contributed by atoms with Crippen molar-refractivity contribution in [1.29, 1.82) is 0 Å². The Labute approximate surface area is 182 Å². The van der Waals surface area contributed by atoms with Gasteiger partial charge in [0.1, 0.15) is 11.5 Å². The van der Waals surface area contributed by atoms with Crippen LogP contribution >= 0.6 is 0 Å². The molecular formula is C25H28FN3O2. The number of hydrogen-bond donors (Lipinski definition) is 1. The normalized spacial score (nSPS) is 21.5. The standard InChI is InChI=1S/C25H28FN3O2/c1-15-10-22-20(16(2)13-25(3,4)28(22)5)11-18(15)12-21-23(30)29(24(31)27-21)14-17-6-8-19(26)9-7-17/h6-12,16H,13-14H2,1-5H3,(H,27,31)/b21-12-/t16-/m1/s1. The van der Waals surface area contributed by atoms with Crippen molar-refractivity contribution in [1.82, 2.24) is 10.2 Å². The van der Waals surface area contributed by atoms with Gasteiger partial charge in [-0.1, -0.05) is 19.1 Å². The van der Waals surface area contributed by atoms with Crippen LogP contribution < -0.4 is 10.2 Å². The molecule has 2 aliphatic heterocycles. The summed E-state index contributed by atoms with van der Waals surface area (Å²) in [6, 6.07) is 9.62. The quantitative estimate of drug-likeness (QED) is 0.564.